The molecule has 0 saturated heterocycles. The fourth-order valence-corrected chi connectivity index (χ4v) is 3.14. The molecule has 0 atom stereocenters. The molecule has 0 aliphatic rings. The highest BCUT2D eigenvalue weighted by molar-refractivity contribution is 7.16. The first-order chi connectivity index (χ1) is 10.3. The Hall–Kier alpha value is -1.92. The van der Waals surface area contributed by atoms with Crippen molar-refractivity contribution in [2.45, 2.75) is 26.4 Å². The van der Waals surface area contributed by atoms with Gasteiger partial charge in [0.1, 0.15) is 10.8 Å². The zero-order valence-electron chi connectivity index (χ0n) is 11.8. The maximum Gasteiger partial charge on any atom is 0.212 e. The minimum Gasteiger partial charge on any atom is -0.494 e. The van der Waals surface area contributed by atoms with Gasteiger partial charge in [-0.3, -0.25) is 0 Å². The Labute approximate surface area is 126 Å². The summed E-state index contributed by atoms with van der Waals surface area (Å²) in [5.74, 6) is 0.893. The molecule has 0 bridgehead atoms. The molecule has 0 spiro atoms. The van der Waals surface area contributed by atoms with Gasteiger partial charge in [-0.2, -0.15) is 5.10 Å². The minimum atomic E-state index is -0.0344. The number of imidazole rings is 1. The first-order valence-corrected chi connectivity index (χ1v) is 7.72. The molecule has 3 rings (SSSR count). The lowest BCUT2D eigenvalue weighted by molar-refractivity contribution is 0.273. The summed E-state index contributed by atoms with van der Waals surface area (Å²) in [4.78, 5) is 5.25. The summed E-state index contributed by atoms with van der Waals surface area (Å²) in [6.07, 6.45) is 1.75. The predicted octanol–water partition coefficient (Wildman–Crippen LogP) is 2.60. The molecule has 2 aromatic heterocycles. The van der Waals surface area contributed by atoms with Crippen molar-refractivity contribution in [3.05, 3.63) is 46.7 Å². The number of aromatic nitrogens is 3. The van der Waals surface area contributed by atoms with E-state index < -0.39 is 0 Å². The maximum absolute atomic E-state index is 9.34. The molecule has 0 amide bonds. The van der Waals surface area contributed by atoms with Crippen molar-refractivity contribution in [3.63, 3.8) is 0 Å². The summed E-state index contributed by atoms with van der Waals surface area (Å²) in [5.41, 5.74) is 1.61. The second-order valence-electron chi connectivity index (χ2n) is 4.76. The summed E-state index contributed by atoms with van der Waals surface area (Å²) in [6.45, 7) is 2.52. The third-order valence-corrected chi connectivity index (χ3v) is 4.20. The molecule has 3 aromatic rings. The molecule has 0 aliphatic carbocycles. The van der Waals surface area contributed by atoms with Crippen LogP contribution >= 0.6 is 11.3 Å². The lowest BCUT2D eigenvalue weighted by Crippen LogP contribution is -2.00. The van der Waals surface area contributed by atoms with E-state index in [-0.39, 0.29) is 6.61 Å². The van der Waals surface area contributed by atoms with E-state index in [9.17, 15) is 5.11 Å². The van der Waals surface area contributed by atoms with Crippen molar-refractivity contribution in [2.75, 3.05) is 6.61 Å². The third-order valence-electron chi connectivity index (χ3n) is 3.24. The van der Waals surface area contributed by atoms with Crippen LogP contribution in [0.5, 0.6) is 5.75 Å². The Morgan fingerprint density at radius 1 is 1.29 bits per heavy atom. The van der Waals surface area contributed by atoms with Crippen LogP contribution in [0, 0.1) is 6.92 Å². The second kappa shape index (κ2) is 6.24. The smallest absolute Gasteiger partial charge is 0.212 e. The van der Waals surface area contributed by atoms with Gasteiger partial charge in [0.2, 0.25) is 4.96 Å². The number of benzene rings is 1. The molecule has 21 heavy (non-hydrogen) atoms. The zero-order chi connectivity index (χ0) is 14.7. The van der Waals surface area contributed by atoms with Gasteiger partial charge in [-0.15, -0.1) is 0 Å². The SMILES string of the molecule is Cc1nc2sc(CCCOc3ccccc3)nn2c1CO. The lowest BCUT2D eigenvalue weighted by Gasteiger charge is -2.04. The van der Waals surface area contributed by atoms with Gasteiger partial charge < -0.3 is 9.84 Å². The molecule has 0 saturated carbocycles. The number of aryl methyl sites for hydroxylation is 2. The average Bonchev–Trinajstić information content (AvgIpc) is 3.00. The summed E-state index contributed by atoms with van der Waals surface area (Å²) in [6, 6.07) is 9.80. The van der Waals surface area contributed by atoms with E-state index in [2.05, 4.69) is 10.1 Å². The van der Waals surface area contributed by atoms with Gasteiger partial charge in [0.15, 0.2) is 0 Å². The van der Waals surface area contributed by atoms with Crippen LogP contribution in [-0.4, -0.2) is 26.3 Å². The standard InChI is InChI=1S/C15H17N3O2S/c1-11-13(10-19)18-15(16-11)21-14(17-18)8-5-9-20-12-6-3-2-4-7-12/h2-4,6-7,19H,5,8-10H2,1H3. The number of fused-ring (bicyclic) bond motifs is 1. The predicted molar refractivity (Wildman–Crippen MR) is 81.8 cm³/mol. The maximum atomic E-state index is 9.34. The van der Waals surface area contributed by atoms with Crippen LogP contribution in [0.3, 0.4) is 0 Å². The average molecular weight is 303 g/mol. The largest absolute Gasteiger partial charge is 0.494 e. The van der Waals surface area contributed by atoms with Crippen molar-refractivity contribution in [3.8, 4) is 5.75 Å². The summed E-state index contributed by atoms with van der Waals surface area (Å²) < 4.78 is 7.41. The van der Waals surface area contributed by atoms with Crippen LogP contribution in [0.2, 0.25) is 0 Å². The monoisotopic (exact) mass is 303 g/mol. The second-order valence-corrected chi connectivity index (χ2v) is 5.80. The number of para-hydroxylation sites is 1. The van der Waals surface area contributed by atoms with Crippen molar-refractivity contribution in [1.82, 2.24) is 14.6 Å². The van der Waals surface area contributed by atoms with Crippen LogP contribution in [0.4, 0.5) is 0 Å². The Balaban J connectivity index is 1.57. The molecule has 110 valence electrons. The number of rotatable bonds is 6. The highest BCUT2D eigenvalue weighted by atomic mass is 32.1. The molecule has 0 radical (unpaired) electrons. The molecule has 2 heterocycles. The fourth-order valence-electron chi connectivity index (χ4n) is 2.14. The molecule has 0 fully saturated rings. The number of ether oxygens (including phenoxy) is 1. The molecule has 5 nitrogen and oxygen atoms in total. The van der Waals surface area contributed by atoms with Gasteiger partial charge in [-0.05, 0) is 25.5 Å². The fraction of sp³-hybridized carbons (Fsp3) is 0.333. The Kier molecular flexibility index (Phi) is 4.17. The third kappa shape index (κ3) is 3.06. The van der Waals surface area contributed by atoms with E-state index in [0.29, 0.717) is 6.61 Å². The first kappa shape index (κ1) is 14.0. The normalized spacial score (nSPS) is 11.1. The Bertz CT molecular complexity index is 721. The summed E-state index contributed by atoms with van der Waals surface area (Å²) in [7, 11) is 0. The number of nitrogens with zero attached hydrogens (tertiary/aromatic N) is 3. The van der Waals surface area contributed by atoms with Gasteiger partial charge in [-0.1, -0.05) is 29.5 Å². The molecule has 0 aliphatic heterocycles. The first-order valence-electron chi connectivity index (χ1n) is 6.90. The van der Waals surface area contributed by atoms with Crippen LogP contribution < -0.4 is 4.74 Å². The van der Waals surface area contributed by atoms with E-state index in [1.807, 2.05) is 37.3 Å². The quantitative estimate of drug-likeness (QED) is 0.711. The van der Waals surface area contributed by atoms with Gasteiger partial charge in [-0.25, -0.2) is 9.50 Å². The lowest BCUT2D eigenvalue weighted by atomic mass is 10.3. The van der Waals surface area contributed by atoms with Crippen molar-refractivity contribution in [1.29, 1.82) is 0 Å². The van der Waals surface area contributed by atoms with E-state index in [4.69, 9.17) is 4.74 Å². The van der Waals surface area contributed by atoms with Crippen LogP contribution in [0.1, 0.15) is 22.8 Å². The van der Waals surface area contributed by atoms with E-state index in [1.54, 1.807) is 15.9 Å². The molecule has 1 N–H and O–H groups in total. The van der Waals surface area contributed by atoms with Gasteiger partial charge in [0.05, 0.1) is 24.6 Å². The molecular weight excluding hydrogens is 286 g/mol. The number of hydrogen-bond donors (Lipinski definition) is 1. The summed E-state index contributed by atoms with van der Waals surface area (Å²) >= 11 is 1.57. The highest BCUT2D eigenvalue weighted by Gasteiger charge is 2.12. The Morgan fingerprint density at radius 3 is 2.86 bits per heavy atom. The van der Waals surface area contributed by atoms with Crippen LogP contribution in [0.15, 0.2) is 30.3 Å². The summed E-state index contributed by atoms with van der Waals surface area (Å²) in [5, 5.41) is 14.9. The minimum absolute atomic E-state index is 0.0344. The van der Waals surface area contributed by atoms with E-state index in [1.165, 1.54) is 0 Å². The molecular formula is C15H17N3O2S. The van der Waals surface area contributed by atoms with Crippen LogP contribution in [0.25, 0.3) is 4.96 Å². The molecule has 6 heteroatoms. The van der Waals surface area contributed by atoms with Gasteiger partial charge in [0, 0.05) is 6.42 Å². The van der Waals surface area contributed by atoms with Crippen molar-refractivity contribution in [2.24, 2.45) is 0 Å². The topological polar surface area (TPSA) is 59.7 Å². The Morgan fingerprint density at radius 2 is 2.10 bits per heavy atom. The number of aliphatic hydroxyl groups excluding tert-OH is 1. The molecule has 1 aromatic carbocycles. The van der Waals surface area contributed by atoms with Gasteiger partial charge >= 0.3 is 0 Å². The number of aliphatic hydroxyl groups is 1. The van der Waals surface area contributed by atoms with Crippen molar-refractivity contribution < 1.29 is 9.84 Å². The van der Waals surface area contributed by atoms with E-state index >= 15 is 0 Å². The van der Waals surface area contributed by atoms with Gasteiger partial charge in [0.25, 0.3) is 0 Å². The highest BCUT2D eigenvalue weighted by Crippen LogP contribution is 2.19. The number of hydrogen-bond acceptors (Lipinski definition) is 5. The van der Waals surface area contributed by atoms with Crippen LogP contribution in [-0.2, 0) is 13.0 Å². The van der Waals surface area contributed by atoms with E-state index in [0.717, 1.165) is 39.9 Å². The van der Waals surface area contributed by atoms with Crippen molar-refractivity contribution >= 4 is 16.3 Å². The molecule has 0 unspecified atom stereocenters. The zero-order valence-corrected chi connectivity index (χ0v) is 12.6.